The van der Waals surface area contributed by atoms with Crippen LogP contribution in [-0.4, -0.2) is 31.8 Å². The lowest BCUT2D eigenvalue weighted by Crippen LogP contribution is -2.23. The number of hydrogen-bond acceptors (Lipinski definition) is 4. The molecule has 27 heavy (non-hydrogen) atoms. The van der Waals surface area contributed by atoms with Crippen molar-refractivity contribution in [2.24, 2.45) is 0 Å². The molecule has 1 amide bonds. The second kappa shape index (κ2) is 8.49. The molecule has 0 radical (unpaired) electrons. The zero-order chi connectivity index (χ0) is 19.2. The molecular weight excluding hydrogens is 344 g/mol. The molecule has 0 saturated carbocycles. The van der Waals surface area contributed by atoms with E-state index in [-0.39, 0.29) is 5.91 Å². The van der Waals surface area contributed by atoms with Gasteiger partial charge in [-0.1, -0.05) is 18.2 Å². The molecule has 0 saturated heterocycles. The van der Waals surface area contributed by atoms with E-state index in [4.69, 9.17) is 14.2 Å². The quantitative estimate of drug-likeness (QED) is 0.662. The monoisotopic (exact) mass is 368 g/mol. The lowest BCUT2D eigenvalue weighted by Gasteiger charge is -2.14. The van der Waals surface area contributed by atoms with Crippen LogP contribution < -0.4 is 19.5 Å². The standard InChI is InChI=1S/C21H24N2O4/c1-25-18-12-15(13-19(26-2)21(18)27-3)14-22-20(24)9-11-23-10-8-16-6-4-5-7-17(16)23/h4-8,10,12-13H,9,11,14H2,1-3H3,(H,22,24). The Balaban J connectivity index is 1.60. The predicted molar refractivity (Wildman–Crippen MR) is 104 cm³/mol. The highest BCUT2D eigenvalue weighted by atomic mass is 16.5. The molecule has 1 N–H and O–H groups in total. The van der Waals surface area contributed by atoms with Gasteiger partial charge in [-0.25, -0.2) is 0 Å². The van der Waals surface area contributed by atoms with Crippen molar-refractivity contribution < 1.29 is 19.0 Å². The molecule has 0 bridgehead atoms. The molecule has 1 heterocycles. The molecule has 3 rings (SSSR count). The molecule has 0 aliphatic carbocycles. The smallest absolute Gasteiger partial charge is 0.222 e. The number of rotatable bonds is 8. The Labute approximate surface area is 158 Å². The highest BCUT2D eigenvalue weighted by Gasteiger charge is 2.13. The summed E-state index contributed by atoms with van der Waals surface area (Å²) < 4.78 is 18.1. The van der Waals surface area contributed by atoms with E-state index in [0.29, 0.717) is 36.8 Å². The number of aryl methyl sites for hydroxylation is 1. The summed E-state index contributed by atoms with van der Waals surface area (Å²) in [6, 6.07) is 13.9. The van der Waals surface area contributed by atoms with Gasteiger partial charge in [0, 0.05) is 31.2 Å². The number of nitrogens with zero attached hydrogens (tertiary/aromatic N) is 1. The molecular formula is C21H24N2O4. The fourth-order valence-electron chi connectivity index (χ4n) is 3.08. The van der Waals surface area contributed by atoms with Crippen molar-refractivity contribution in [3.63, 3.8) is 0 Å². The molecule has 0 aliphatic heterocycles. The number of ether oxygens (including phenoxy) is 3. The molecule has 3 aromatic rings. The van der Waals surface area contributed by atoms with Gasteiger partial charge in [-0.05, 0) is 35.2 Å². The lowest BCUT2D eigenvalue weighted by molar-refractivity contribution is -0.121. The van der Waals surface area contributed by atoms with Crippen LogP contribution in [0.3, 0.4) is 0 Å². The van der Waals surface area contributed by atoms with E-state index in [1.807, 2.05) is 30.5 Å². The van der Waals surface area contributed by atoms with Crippen LogP contribution in [0.4, 0.5) is 0 Å². The first-order chi connectivity index (χ1) is 13.2. The average molecular weight is 368 g/mol. The number of carbonyl (C=O) groups excluding carboxylic acids is 1. The molecule has 0 fully saturated rings. The minimum absolute atomic E-state index is 0.0125. The van der Waals surface area contributed by atoms with Gasteiger partial charge < -0.3 is 24.1 Å². The van der Waals surface area contributed by atoms with E-state index in [1.54, 1.807) is 21.3 Å². The number of para-hydroxylation sites is 1. The van der Waals surface area contributed by atoms with Crippen LogP contribution in [0, 0.1) is 0 Å². The summed E-state index contributed by atoms with van der Waals surface area (Å²) in [4.78, 5) is 12.3. The van der Waals surface area contributed by atoms with Crippen LogP contribution in [0.1, 0.15) is 12.0 Å². The summed E-state index contributed by atoms with van der Waals surface area (Å²) >= 11 is 0. The summed E-state index contributed by atoms with van der Waals surface area (Å²) in [7, 11) is 4.70. The fourth-order valence-corrected chi connectivity index (χ4v) is 3.08. The van der Waals surface area contributed by atoms with E-state index in [1.165, 1.54) is 5.39 Å². The number of aromatic nitrogens is 1. The molecule has 6 heteroatoms. The second-order valence-corrected chi connectivity index (χ2v) is 6.13. The van der Waals surface area contributed by atoms with Gasteiger partial charge in [0.25, 0.3) is 0 Å². The molecule has 0 aliphatic rings. The summed E-state index contributed by atoms with van der Waals surface area (Å²) in [5, 5.41) is 4.12. The van der Waals surface area contributed by atoms with Crippen molar-refractivity contribution in [2.75, 3.05) is 21.3 Å². The van der Waals surface area contributed by atoms with E-state index >= 15 is 0 Å². The Morgan fingerprint density at radius 1 is 1.00 bits per heavy atom. The fraction of sp³-hybridized carbons (Fsp3) is 0.286. The first-order valence-electron chi connectivity index (χ1n) is 8.75. The van der Waals surface area contributed by atoms with Gasteiger partial charge in [0.1, 0.15) is 0 Å². The number of hydrogen-bond donors (Lipinski definition) is 1. The zero-order valence-corrected chi connectivity index (χ0v) is 15.8. The van der Waals surface area contributed by atoms with E-state index in [0.717, 1.165) is 11.1 Å². The maximum Gasteiger partial charge on any atom is 0.222 e. The summed E-state index contributed by atoms with van der Waals surface area (Å²) in [5.41, 5.74) is 2.01. The normalized spacial score (nSPS) is 10.6. The highest BCUT2D eigenvalue weighted by Crippen LogP contribution is 2.38. The average Bonchev–Trinajstić information content (AvgIpc) is 3.12. The van der Waals surface area contributed by atoms with Gasteiger partial charge in [0.15, 0.2) is 11.5 Å². The SMILES string of the molecule is COc1cc(CNC(=O)CCn2ccc3ccccc32)cc(OC)c1OC. The Bertz CT molecular complexity index is 908. The summed E-state index contributed by atoms with van der Waals surface area (Å²) in [5.74, 6) is 1.66. The van der Waals surface area contributed by atoms with Crippen LogP contribution >= 0.6 is 0 Å². The highest BCUT2D eigenvalue weighted by molar-refractivity contribution is 5.80. The van der Waals surface area contributed by atoms with Crippen LogP contribution in [0.15, 0.2) is 48.7 Å². The number of fused-ring (bicyclic) bond motifs is 1. The molecule has 0 spiro atoms. The first kappa shape index (κ1) is 18.6. The Morgan fingerprint density at radius 3 is 2.37 bits per heavy atom. The molecule has 6 nitrogen and oxygen atoms in total. The van der Waals surface area contributed by atoms with Crippen molar-refractivity contribution in [3.05, 3.63) is 54.2 Å². The number of carbonyl (C=O) groups is 1. The van der Waals surface area contributed by atoms with Gasteiger partial charge in [-0.2, -0.15) is 0 Å². The number of methoxy groups -OCH3 is 3. The molecule has 142 valence electrons. The maximum atomic E-state index is 12.3. The first-order valence-corrected chi connectivity index (χ1v) is 8.75. The van der Waals surface area contributed by atoms with Gasteiger partial charge in [0.2, 0.25) is 11.7 Å². The van der Waals surface area contributed by atoms with Crippen molar-refractivity contribution in [3.8, 4) is 17.2 Å². The third-order valence-electron chi connectivity index (χ3n) is 4.47. The molecule has 2 aromatic carbocycles. The minimum atomic E-state index is -0.0125. The topological polar surface area (TPSA) is 61.7 Å². The van der Waals surface area contributed by atoms with Crippen molar-refractivity contribution in [1.29, 1.82) is 0 Å². The number of nitrogens with one attached hydrogen (secondary N) is 1. The summed E-state index contributed by atoms with van der Waals surface area (Å²) in [6.45, 7) is 1.02. The molecule has 1 aromatic heterocycles. The van der Waals surface area contributed by atoms with Crippen molar-refractivity contribution >= 4 is 16.8 Å². The molecule has 0 unspecified atom stereocenters. The third kappa shape index (κ3) is 4.16. The van der Waals surface area contributed by atoms with Crippen molar-refractivity contribution in [2.45, 2.75) is 19.5 Å². The van der Waals surface area contributed by atoms with Gasteiger partial charge in [-0.15, -0.1) is 0 Å². The van der Waals surface area contributed by atoms with Crippen LogP contribution in [0.5, 0.6) is 17.2 Å². The van der Waals surface area contributed by atoms with Crippen LogP contribution in [0.25, 0.3) is 10.9 Å². The van der Waals surface area contributed by atoms with Gasteiger partial charge >= 0.3 is 0 Å². The third-order valence-corrected chi connectivity index (χ3v) is 4.47. The summed E-state index contributed by atoms with van der Waals surface area (Å²) in [6.07, 6.45) is 2.42. The van der Waals surface area contributed by atoms with E-state index < -0.39 is 0 Å². The second-order valence-electron chi connectivity index (χ2n) is 6.13. The predicted octanol–water partition coefficient (Wildman–Crippen LogP) is 3.37. The van der Waals surface area contributed by atoms with Crippen LogP contribution in [-0.2, 0) is 17.9 Å². The van der Waals surface area contributed by atoms with Gasteiger partial charge in [0.05, 0.1) is 21.3 Å². The minimum Gasteiger partial charge on any atom is -0.493 e. The van der Waals surface area contributed by atoms with Gasteiger partial charge in [-0.3, -0.25) is 4.79 Å². The number of amides is 1. The Kier molecular flexibility index (Phi) is 5.86. The molecule has 0 atom stereocenters. The Morgan fingerprint density at radius 2 is 1.70 bits per heavy atom. The Hall–Kier alpha value is -3.15. The van der Waals surface area contributed by atoms with Crippen LogP contribution in [0.2, 0.25) is 0 Å². The maximum absolute atomic E-state index is 12.3. The van der Waals surface area contributed by atoms with E-state index in [2.05, 4.69) is 28.1 Å². The lowest BCUT2D eigenvalue weighted by atomic mass is 10.1. The van der Waals surface area contributed by atoms with Crippen molar-refractivity contribution in [1.82, 2.24) is 9.88 Å². The largest absolute Gasteiger partial charge is 0.493 e. The number of benzene rings is 2. The van der Waals surface area contributed by atoms with E-state index in [9.17, 15) is 4.79 Å². The zero-order valence-electron chi connectivity index (χ0n) is 15.8.